The van der Waals surface area contributed by atoms with E-state index in [1.165, 1.54) is 11.3 Å². The number of thiophene rings is 1. The smallest absolute Gasteiger partial charge is 0.267 e. The molecule has 0 atom stereocenters. The van der Waals surface area contributed by atoms with E-state index in [0.29, 0.717) is 15.8 Å². The monoisotopic (exact) mass is 299 g/mol. The van der Waals surface area contributed by atoms with E-state index in [-0.39, 0.29) is 5.91 Å². The molecule has 0 spiro atoms. The van der Waals surface area contributed by atoms with Crippen LogP contribution < -0.4 is 5.32 Å². The van der Waals surface area contributed by atoms with E-state index in [2.05, 4.69) is 5.32 Å². The summed E-state index contributed by atoms with van der Waals surface area (Å²) < 4.78 is 0. The Morgan fingerprint density at radius 1 is 1.33 bits per heavy atom. The van der Waals surface area contributed by atoms with Crippen molar-refractivity contribution in [1.82, 2.24) is 0 Å². The maximum absolute atomic E-state index is 12.0. The van der Waals surface area contributed by atoms with Gasteiger partial charge in [0.25, 0.3) is 5.91 Å². The highest BCUT2D eigenvalue weighted by molar-refractivity contribution is 7.13. The fraction of sp³-hybridized carbons (Fsp3) is 0.154. The van der Waals surface area contributed by atoms with Crippen LogP contribution in [-0.4, -0.2) is 5.91 Å². The molecule has 0 aliphatic rings. The van der Waals surface area contributed by atoms with Gasteiger partial charge in [-0.3, -0.25) is 4.79 Å². The Balaban J connectivity index is 2.13. The second-order valence-corrected chi connectivity index (χ2v) is 5.37. The SMILES string of the molecule is Cc1csc(C(=O)Nc2ccc(CCl)cc2)c1Cl. The van der Waals surface area contributed by atoms with Gasteiger partial charge in [-0.25, -0.2) is 0 Å². The number of hydrogen-bond donors (Lipinski definition) is 1. The molecule has 0 aliphatic carbocycles. The van der Waals surface area contributed by atoms with E-state index in [0.717, 1.165) is 16.8 Å². The molecule has 1 N–H and O–H groups in total. The molecular formula is C13H11Cl2NOS. The largest absolute Gasteiger partial charge is 0.321 e. The number of nitrogens with one attached hydrogen (secondary N) is 1. The van der Waals surface area contributed by atoms with Crippen LogP contribution in [0.3, 0.4) is 0 Å². The summed E-state index contributed by atoms with van der Waals surface area (Å²) in [6, 6.07) is 7.40. The molecule has 0 radical (unpaired) electrons. The normalized spacial score (nSPS) is 10.4. The van der Waals surface area contributed by atoms with Crippen molar-refractivity contribution >= 4 is 46.1 Å². The van der Waals surface area contributed by atoms with E-state index < -0.39 is 0 Å². The molecule has 0 bridgehead atoms. The Hall–Kier alpha value is -1.03. The predicted octanol–water partition coefficient (Wildman–Crippen LogP) is 4.70. The zero-order chi connectivity index (χ0) is 13.1. The molecule has 0 saturated heterocycles. The minimum absolute atomic E-state index is 0.184. The van der Waals surface area contributed by atoms with Gasteiger partial charge in [-0.2, -0.15) is 0 Å². The van der Waals surface area contributed by atoms with Crippen LogP contribution in [0.15, 0.2) is 29.6 Å². The molecule has 1 aromatic heterocycles. The fourth-order valence-corrected chi connectivity index (χ4v) is 2.80. The van der Waals surface area contributed by atoms with Crippen molar-refractivity contribution in [2.45, 2.75) is 12.8 Å². The first-order valence-electron chi connectivity index (χ1n) is 5.31. The number of rotatable bonds is 3. The lowest BCUT2D eigenvalue weighted by molar-refractivity contribution is 0.103. The Bertz CT molecular complexity index is 563. The molecule has 2 aromatic rings. The Morgan fingerprint density at radius 3 is 2.50 bits per heavy atom. The number of anilines is 1. The molecule has 0 fully saturated rings. The van der Waals surface area contributed by atoms with Gasteiger partial charge >= 0.3 is 0 Å². The number of carbonyl (C=O) groups is 1. The van der Waals surface area contributed by atoms with Crippen LogP contribution in [0.4, 0.5) is 5.69 Å². The van der Waals surface area contributed by atoms with Gasteiger partial charge < -0.3 is 5.32 Å². The molecule has 94 valence electrons. The minimum Gasteiger partial charge on any atom is -0.321 e. The molecular weight excluding hydrogens is 289 g/mol. The molecule has 5 heteroatoms. The van der Waals surface area contributed by atoms with Crippen molar-refractivity contribution in [3.8, 4) is 0 Å². The van der Waals surface area contributed by atoms with Crippen LogP contribution in [0.1, 0.15) is 20.8 Å². The summed E-state index contributed by atoms with van der Waals surface area (Å²) in [5.41, 5.74) is 2.67. The maximum Gasteiger partial charge on any atom is 0.267 e. The van der Waals surface area contributed by atoms with Crippen LogP contribution in [0.2, 0.25) is 5.02 Å². The zero-order valence-electron chi connectivity index (χ0n) is 9.67. The second-order valence-electron chi connectivity index (χ2n) is 3.85. The summed E-state index contributed by atoms with van der Waals surface area (Å²) in [6.45, 7) is 1.88. The van der Waals surface area contributed by atoms with E-state index in [4.69, 9.17) is 23.2 Å². The van der Waals surface area contributed by atoms with E-state index in [1.54, 1.807) is 0 Å². The lowest BCUT2D eigenvalue weighted by Crippen LogP contribution is -2.10. The van der Waals surface area contributed by atoms with Gasteiger partial charge in [0.2, 0.25) is 0 Å². The molecule has 1 heterocycles. The van der Waals surface area contributed by atoms with E-state index >= 15 is 0 Å². The van der Waals surface area contributed by atoms with Crippen LogP contribution in [0.5, 0.6) is 0 Å². The van der Waals surface area contributed by atoms with Crippen LogP contribution >= 0.6 is 34.5 Å². The third-order valence-corrected chi connectivity index (χ3v) is 4.48. The topological polar surface area (TPSA) is 29.1 Å². The maximum atomic E-state index is 12.0. The molecule has 1 aromatic carbocycles. The number of carbonyl (C=O) groups excluding carboxylic acids is 1. The standard InChI is InChI=1S/C13H11Cl2NOS/c1-8-7-18-12(11(8)15)13(17)16-10-4-2-9(6-14)3-5-10/h2-5,7H,6H2,1H3,(H,16,17). The molecule has 0 aliphatic heterocycles. The summed E-state index contributed by atoms with van der Waals surface area (Å²) in [5, 5.41) is 5.20. The second kappa shape index (κ2) is 5.74. The van der Waals surface area contributed by atoms with Gasteiger partial charge in [0, 0.05) is 11.6 Å². The number of hydrogen-bond acceptors (Lipinski definition) is 2. The number of halogens is 2. The minimum atomic E-state index is -0.184. The Morgan fingerprint density at radius 2 is 2.00 bits per heavy atom. The molecule has 18 heavy (non-hydrogen) atoms. The molecule has 0 unspecified atom stereocenters. The van der Waals surface area contributed by atoms with E-state index in [1.807, 2.05) is 36.6 Å². The first-order valence-corrected chi connectivity index (χ1v) is 7.11. The molecule has 1 amide bonds. The number of alkyl halides is 1. The summed E-state index contributed by atoms with van der Waals surface area (Å²) in [4.78, 5) is 12.5. The number of amides is 1. The van der Waals surface area contributed by atoms with Gasteiger partial charge in [-0.05, 0) is 35.6 Å². The Kier molecular flexibility index (Phi) is 4.27. The summed E-state index contributed by atoms with van der Waals surface area (Å²) >= 11 is 13.1. The number of aryl methyl sites for hydroxylation is 1. The van der Waals surface area contributed by atoms with Crippen molar-refractivity contribution in [3.63, 3.8) is 0 Å². The first-order chi connectivity index (χ1) is 8.61. The lowest BCUT2D eigenvalue weighted by atomic mass is 10.2. The lowest BCUT2D eigenvalue weighted by Gasteiger charge is -2.04. The first kappa shape index (κ1) is 13.4. The highest BCUT2D eigenvalue weighted by Gasteiger charge is 2.14. The average molecular weight is 300 g/mol. The number of benzene rings is 1. The van der Waals surface area contributed by atoms with Crippen LogP contribution in [0, 0.1) is 6.92 Å². The van der Waals surface area contributed by atoms with Crippen molar-refractivity contribution in [2.75, 3.05) is 5.32 Å². The van der Waals surface area contributed by atoms with Crippen LogP contribution in [-0.2, 0) is 5.88 Å². The van der Waals surface area contributed by atoms with Gasteiger partial charge in [0.1, 0.15) is 4.88 Å². The van der Waals surface area contributed by atoms with Crippen molar-refractivity contribution in [1.29, 1.82) is 0 Å². The fourth-order valence-electron chi connectivity index (χ4n) is 1.45. The van der Waals surface area contributed by atoms with Gasteiger partial charge in [-0.1, -0.05) is 23.7 Å². The van der Waals surface area contributed by atoms with Crippen molar-refractivity contribution < 1.29 is 4.79 Å². The zero-order valence-corrected chi connectivity index (χ0v) is 12.0. The highest BCUT2D eigenvalue weighted by atomic mass is 35.5. The molecule has 2 rings (SSSR count). The Labute approximate surface area is 120 Å². The highest BCUT2D eigenvalue weighted by Crippen LogP contribution is 2.27. The van der Waals surface area contributed by atoms with Gasteiger partial charge in [0.15, 0.2) is 0 Å². The molecule has 2 nitrogen and oxygen atoms in total. The van der Waals surface area contributed by atoms with Crippen molar-refractivity contribution in [2.24, 2.45) is 0 Å². The summed E-state index contributed by atoms with van der Waals surface area (Å²) in [6.07, 6.45) is 0. The van der Waals surface area contributed by atoms with Gasteiger partial charge in [-0.15, -0.1) is 22.9 Å². The quantitative estimate of drug-likeness (QED) is 0.818. The third kappa shape index (κ3) is 2.86. The van der Waals surface area contributed by atoms with Crippen molar-refractivity contribution in [3.05, 3.63) is 50.7 Å². The van der Waals surface area contributed by atoms with E-state index in [9.17, 15) is 4.79 Å². The average Bonchev–Trinajstić information content (AvgIpc) is 2.71. The van der Waals surface area contributed by atoms with Crippen LogP contribution in [0.25, 0.3) is 0 Å². The predicted molar refractivity (Wildman–Crippen MR) is 78.0 cm³/mol. The summed E-state index contributed by atoms with van der Waals surface area (Å²) in [7, 11) is 0. The summed E-state index contributed by atoms with van der Waals surface area (Å²) in [5.74, 6) is 0.279. The third-order valence-electron chi connectivity index (χ3n) is 2.47. The molecule has 0 saturated carbocycles. The van der Waals surface area contributed by atoms with Gasteiger partial charge in [0.05, 0.1) is 5.02 Å².